The van der Waals surface area contributed by atoms with E-state index in [4.69, 9.17) is 9.47 Å². The Morgan fingerprint density at radius 2 is 2.21 bits per heavy atom. The Morgan fingerprint density at radius 3 is 2.84 bits per heavy atom. The minimum atomic E-state index is -0.252. The molecular formula is C15H21NO3. The quantitative estimate of drug-likeness (QED) is 0.849. The van der Waals surface area contributed by atoms with Gasteiger partial charge in [-0.2, -0.15) is 0 Å². The van der Waals surface area contributed by atoms with Gasteiger partial charge in [0.2, 0.25) is 0 Å². The maximum atomic E-state index is 11.8. The van der Waals surface area contributed by atoms with Crippen molar-refractivity contribution in [1.82, 2.24) is 5.32 Å². The van der Waals surface area contributed by atoms with Gasteiger partial charge in [-0.15, -0.1) is 0 Å². The van der Waals surface area contributed by atoms with Crippen molar-refractivity contribution in [2.75, 3.05) is 26.3 Å². The number of hydrogen-bond donors (Lipinski definition) is 1. The predicted molar refractivity (Wildman–Crippen MR) is 73.4 cm³/mol. The molecule has 19 heavy (non-hydrogen) atoms. The molecule has 0 radical (unpaired) electrons. The maximum Gasteiger partial charge on any atom is 0.338 e. The fraction of sp³-hybridized carbons (Fsp3) is 0.533. The second-order valence-corrected chi connectivity index (χ2v) is 4.74. The van der Waals surface area contributed by atoms with Crippen LogP contribution in [-0.4, -0.2) is 32.3 Å². The van der Waals surface area contributed by atoms with E-state index in [2.05, 4.69) is 5.32 Å². The van der Waals surface area contributed by atoms with Crippen LogP contribution in [0.5, 0.6) is 0 Å². The van der Waals surface area contributed by atoms with Crippen molar-refractivity contribution in [2.45, 2.75) is 26.9 Å². The van der Waals surface area contributed by atoms with Gasteiger partial charge in [0.1, 0.15) is 0 Å². The standard InChI is InChI=1S/C15H21NO3/c1-4-18-15(17)13-6-5-12(10(2)11(13)3)14-9-16-7-8-19-14/h5-6,14,16H,4,7-9H2,1-3H3/t14-/m1/s1. The molecule has 0 spiro atoms. The van der Waals surface area contributed by atoms with Crippen LogP contribution in [0.1, 0.15) is 40.1 Å². The first-order chi connectivity index (χ1) is 9.15. The number of ether oxygens (including phenoxy) is 2. The molecular weight excluding hydrogens is 242 g/mol. The minimum absolute atomic E-state index is 0.0729. The Morgan fingerprint density at radius 1 is 1.42 bits per heavy atom. The molecule has 1 atom stereocenters. The van der Waals surface area contributed by atoms with Gasteiger partial charge in [0.05, 0.1) is 24.9 Å². The van der Waals surface area contributed by atoms with E-state index in [1.54, 1.807) is 0 Å². The maximum absolute atomic E-state index is 11.8. The van der Waals surface area contributed by atoms with Gasteiger partial charge in [-0.05, 0) is 43.5 Å². The molecule has 1 aliphatic heterocycles. The zero-order valence-electron chi connectivity index (χ0n) is 11.8. The zero-order chi connectivity index (χ0) is 13.8. The van der Waals surface area contributed by atoms with Crippen LogP contribution in [0.15, 0.2) is 12.1 Å². The van der Waals surface area contributed by atoms with E-state index in [1.165, 1.54) is 0 Å². The molecule has 0 unspecified atom stereocenters. The van der Waals surface area contributed by atoms with Gasteiger partial charge >= 0.3 is 5.97 Å². The van der Waals surface area contributed by atoms with E-state index in [-0.39, 0.29) is 12.1 Å². The van der Waals surface area contributed by atoms with E-state index in [0.29, 0.717) is 12.2 Å². The molecule has 0 amide bonds. The summed E-state index contributed by atoms with van der Waals surface area (Å²) in [6.07, 6.45) is 0.0729. The van der Waals surface area contributed by atoms with Gasteiger partial charge in [0.25, 0.3) is 0 Å². The molecule has 0 bridgehead atoms. The Kier molecular flexibility index (Phi) is 4.56. The summed E-state index contributed by atoms with van der Waals surface area (Å²) in [6.45, 7) is 8.65. The van der Waals surface area contributed by atoms with Crippen LogP contribution in [0.3, 0.4) is 0 Å². The molecule has 0 saturated carbocycles. The average molecular weight is 263 g/mol. The molecule has 104 valence electrons. The molecule has 1 fully saturated rings. The number of rotatable bonds is 3. The molecule has 4 heteroatoms. The Bertz CT molecular complexity index is 465. The summed E-state index contributed by atoms with van der Waals surface area (Å²) in [4.78, 5) is 11.8. The molecule has 1 saturated heterocycles. The lowest BCUT2D eigenvalue weighted by molar-refractivity contribution is 0.0272. The summed E-state index contributed by atoms with van der Waals surface area (Å²) in [5.41, 5.74) is 3.88. The minimum Gasteiger partial charge on any atom is -0.462 e. The Labute approximate surface area is 114 Å². The number of benzene rings is 1. The van der Waals surface area contributed by atoms with E-state index in [9.17, 15) is 4.79 Å². The van der Waals surface area contributed by atoms with Gasteiger partial charge < -0.3 is 14.8 Å². The van der Waals surface area contributed by atoms with Gasteiger partial charge in [0.15, 0.2) is 0 Å². The largest absolute Gasteiger partial charge is 0.462 e. The fourth-order valence-corrected chi connectivity index (χ4v) is 2.39. The summed E-state index contributed by atoms with van der Waals surface area (Å²) in [7, 11) is 0. The number of carbonyl (C=O) groups is 1. The normalized spacial score (nSPS) is 19.2. The summed E-state index contributed by atoms with van der Waals surface area (Å²) in [5, 5.41) is 3.32. The lowest BCUT2D eigenvalue weighted by Gasteiger charge is -2.26. The van der Waals surface area contributed by atoms with E-state index in [0.717, 1.165) is 36.4 Å². The summed E-state index contributed by atoms with van der Waals surface area (Å²) in [6, 6.07) is 3.82. The Balaban J connectivity index is 2.28. The van der Waals surface area contributed by atoms with Crippen LogP contribution < -0.4 is 5.32 Å². The molecule has 0 aliphatic carbocycles. The zero-order valence-corrected chi connectivity index (χ0v) is 11.8. The smallest absolute Gasteiger partial charge is 0.338 e. The second kappa shape index (κ2) is 6.17. The van der Waals surface area contributed by atoms with Crippen molar-refractivity contribution in [3.63, 3.8) is 0 Å². The molecule has 1 aliphatic rings. The lowest BCUT2D eigenvalue weighted by atomic mass is 9.94. The second-order valence-electron chi connectivity index (χ2n) is 4.74. The van der Waals surface area contributed by atoms with E-state index < -0.39 is 0 Å². The number of morpholine rings is 1. The molecule has 2 rings (SSSR count). The molecule has 1 aromatic carbocycles. The summed E-state index contributed by atoms with van der Waals surface area (Å²) < 4.78 is 10.8. The predicted octanol–water partition coefficient (Wildman–Crippen LogP) is 2.14. The highest BCUT2D eigenvalue weighted by Crippen LogP contribution is 2.26. The highest BCUT2D eigenvalue weighted by Gasteiger charge is 2.21. The monoisotopic (exact) mass is 263 g/mol. The number of hydrogen-bond acceptors (Lipinski definition) is 4. The van der Waals surface area contributed by atoms with E-state index in [1.807, 2.05) is 32.9 Å². The van der Waals surface area contributed by atoms with Gasteiger partial charge in [-0.25, -0.2) is 4.79 Å². The molecule has 1 aromatic rings. The van der Waals surface area contributed by atoms with Crippen LogP contribution in [0.2, 0.25) is 0 Å². The third kappa shape index (κ3) is 2.96. The van der Waals surface area contributed by atoms with Crippen molar-refractivity contribution in [1.29, 1.82) is 0 Å². The van der Waals surface area contributed by atoms with Gasteiger partial charge in [0, 0.05) is 13.1 Å². The molecule has 1 heterocycles. The highest BCUT2D eigenvalue weighted by molar-refractivity contribution is 5.91. The Hall–Kier alpha value is -1.39. The molecule has 0 aromatic heterocycles. The van der Waals surface area contributed by atoms with Crippen molar-refractivity contribution >= 4 is 5.97 Å². The first-order valence-electron chi connectivity index (χ1n) is 6.74. The highest BCUT2D eigenvalue weighted by atomic mass is 16.5. The first-order valence-corrected chi connectivity index (χ1v) is 6.74. The van der Waals surface area contributed by atoms with Crippen molar-refractivity contribution in [3.05, 3.63) is 34.4 Å². The van der Waals surface area contributed by atoms with Gasteiger partial charge in [-0.1, -0.05) is 6.07 Å². The summed E-state index contributed by atoms with van der Waals surface area (Å²) >= 11 is 0. The van der Waals surface area contributed by atoms with Crippen molar-refractivity contribution in [3.8, 4) is 0 Å². The van der Waals surface area contributed by atoms with Crippen LogP contribution in [0.25, 0.3) is 0 Å². The van der Waals surface area contributed by atoms with Crippen molar-refractivity contribution < 1.29 is 14.3 Å². The number of carbonyl (C=O) groups excluding carboxylic acids is 1. The number of nitrogens with one attached hydrogen (secondary N) is 1. The van der Waals surface area contributed by atoms with Crippen LogP contribution in [-0.2, 0) is 9.47 Å². The first kappa shape index (κ1) is 14.0. The SMILES string of the molecule is CCOC(=O)c1ccc([C@H]2CNCCO2)c(C)c1C. The van der Waals surface area contributed by atoms with Gasteiger partial charge in [-0.3, -0.25) is 0 Å². The third-order valence-electron chi connectivity index (χ3n) is 3.60. The molecule has 1 N–H and O–H groups in total. The fourth-order valence-electron chi connectivity index (χ4n) is 2.39. The lowest BCUT2D eigenvalue weighted by Crippen LogP contribution is -2.33. The topological polar surface area (TPSA) is 47.6 Å². The third-order valence-corrected chi connectivity index (χ3v) is 3.60. The van der Waals surface area contributed by atoms with Crippen LogP contribution in [0.4, 0.5) is 0 Å². The van der Waals surface area contributed by atoms with Crippen LogP contribution >= 0.6 is 0 Å². The van der Waals surface area contributed by atoms with Crippen molar-refractivity contribution in [2.24, 2.45) is 0 Å². The average Bonchev–Trinajstić information content (AvgIpc) is 2.43. The van der Waals surface area contributed by atoms with E-state index >= 15 is 0 Å². The van der Waals surface area contributed by atoms with Crippen LogP contribution in [0, 0.1) is 13.8 Å². The summed E-state index contributed by atoms with van der Waals surface area (Å²) in [5.74, 6) is -0.252. The number of esters is 1. The molecule has 4 nitrogen and oxygen atoms in total.